The highest BCUT2D eigenvalue weighted by atomic mass is 14.7. The van der Waals surface area contributed by atoms with Gasteiger partial charge in [-0.05, 0) is 24.4 Å². The molecule has 0 fully saturated rings. The SMILES string of the molecule is Cc1ccc2ccc3c4ccccc4[nH]c3c2c1. The average molecular weight is 231 g/mol. The molecule has 3 aromatic carbocycles. The van der Waals surface area contributed by atoms with Crippen LogP contribution in [0.3, 0.4) is 0 Å². The number of H-pyrrole nitrogens is 1. The number of rotatable bonds is 0. The molecular formula is C17H13N. The third-order valence-corrected chi connectivity index (χ3v) is 3.65. The number of para-hydroxylation sites is 1. The van der Waals surface area contributed by atoms with Crippen molar-refractivity contribution in [2.75, 3.05) is 0 Å². The Labute approximate surface area is 105 Å². The van der Waals surface area contributed by atoms with E-state index in [-0.39, 0.29) is 0 Å². The molecule has 0 atom stereocenters. The van der Waals surface area contributed by atoms with E-state index in [2.05, 4.69) is 66.5 Å². The third kappa shape index (κ3) is 1.22. The third-order valence-electron chi connectivity index (χ3n) is 3.65. The first-order valence-electron chi connectivity index (χ1n) is 6.23. The molecule has 4 rings (SSSR count). The molecule has 0 saturated carbocycles. The summed E-state index contributed by atoms with van der Waals surface area (Å²) in [5, 5.41) is 5.21. The first-order chi connectivity index (χ1) is 8.83. The van der Waals surface area contributed by atoms with Gasteiger partial charge in [0, 0.05) is 21.7 Å². The molecule has 0 saturated heterocycles. The maximum absolute atomic E-state index is 3.55. The monoisotopic (exact) mass is 231 g/mol. The molecule has 0 spiro atoms. The van der Waals surface area contributed by atoms with Gasteiger partial charge in [-0.15, -0.1) is 0 Å². The highest BCUT2D eigenvalue weighted by Gasteiger charge is 2.06. The van der Waals surface area contributed by atoms with E-state index in [0.29, 0.717) is 0 Å². The lowest BCUT2D eigenvalue weighted by Crippen LogP contribution is -1.77. The molecule has 0 aliphatic carbocycles. The average Bonchev–Trinajstić information content (AvgIpc) is 2.78. The van der Waals surface area contributed by atoms with Crippen LogP contribution in [0.1, 0.15) is 5.56 Å². The first kappa shape index (κ1) is 9.72. The molecule has 1 aromatic heterocycles. The maximum atomic E-state index is 3.55. The lowest BCUT2D eigenvalue weighted by molar-refractivity contribution is 1.50. The van der Waals surface area contributed by atoms with Gasteiger partial charge in [0.2, 0.25) is 0 Å². The molecule has 1 heteroatoms. The topological polar surface area (TPSA) is 15.8 Å². The molecule has 86 valence electrons. The second-order valence-corrected chi connectivity index (χ2v) is 4.88. The fourth-order valence-electron chi connectivity index (χ4n) is 2.75. The van der Waals surface area contributed by atoms with Crippen molar-refractivity contribution in [3.8, 4) is 0 Å². The van der Waals surface area contributed by atoms with Gasteiger partial charge in [0.25, 0.3) is 0 Å². The Morgan fingerprint density at radius 1 is 0.778 bits per heavy atom. The maximum Gasteiger partial charge on any atom is 0.0544 e. The number of hydrogen-bond donors (Lipinski definition) is 1. The second kappa shape index (κ2) is 3.36. The molecule has 0 aliphatic heterocycles. The van der Waals surface area contributed by atoms with Crippen LogP contribution in [0.25, 0.3) is 32.6 Å². The minimum Gasteiger partial charge on any atom is -0.354 e. The lowest BCUT2D eigenvalue weighted by Gasteiger charge is -2.01. The summed E-state index contributed by atoms with van der Waals surface area (Å²) in [6.45, 7) is 2.14. The highest BCUT2D eigenvalue weighted by Crippen LogP contribution is 2.31. The number of aromatic nitrogens is 1. The van der Waals surface area contributed by atoms with Crippen molar-refractivity contribution in [2.24, 2.45) is 0 Å². The van der Waals surface area contributed by atoms with E-state index in [4.69, 9.17) is 0 Å². The molecule has 0 radical (unpaired) electrons. The van der Waals surface area contributed by atoms with Gasteiger partial charge < -0.3 is 4.98 Å². The van der Waals surface area contributed by atoms with Crippen LogP contribution >= 0.6 is 0 Å². The molecule has 0 unspecified atom stereocenters. The Morgan fingerprint density at radius 3 is 2.56 bits per heavy atom. The molecule has 4 aromatic rings. The predicted octanol–water partition coefficient (Wildman–Crippen LogP) is 4.78. The number of nitrogens with one attached hydrogen (secondary N) is 1. The summed E-state index contributed by atoms with van der Waals surface area (Å²) in [6.07, 6.45) is 0. The van der Waals surface area contributed by atoms with E-state index < -0.39 is 0 Å². The number of benzene rings is 3. The van der Waals surface area contributed by atoms with Gasteiger partial charge in [0.05, 0.1) is 5.52 Å². The minimum absolute atomic E-state index is 1.21. The van der Waals surface area contributed by atoms with E-state index in [0.717, 1.165) is 0 Å². The van der Waals surface area contributed by atoms with Crippen molar-refractivity contribution < 1.29 is 0 Å². The Morgan fingerprint density at radius 2 is 1.61 bits per heavy atom. The fourth-order valence-corrected chi connectivity index (χ4v) is 2.75. The van der Waals surface area contributed by atoms with Crippen LogP contribution in [0.15, 0.2) is 54.6 Å². The molecule has 1 nitrogen and oxygen atoms in total. The number of fused-ring (bicyclic) bond motifs is 5. The zero-order valence-corrected chi connectivity index (χ0v) is 10.2. The summed E-state index contributed by atoms with van der Waals surface area (Å²) < 4.78 is 0. The van der Waals surface area contributed by atoms with Crippen LogP contribution in [0.5, 0.6) is 0 Å². The summed E-state index contributed by atoms with van der Waals surface area (Å²) in [5.74, 6) is 0. The van der Waals surface area contributed by atoms with Crippen molar-refractivity contribution in [3.63, 3.8) is 0 Å². The first-order valence-corrected chi connectivity index (χ1v) is 6.23. The van der Waals surface area contributed by atoms with Crippen molar-refractivity contribution in [3.05, 3.63) is 60.2 Å². The summed E-state index contributed by atoms with van der Waals surface area (Å²) in [5.41, 5.74) is 3.76. The van der Waals surface area contributed by atoms with Crippen LogP contribution < -0.4 is 0 Å². The van der Waals surface area contributed by atoms with E-state index in [9.17, 15) is 0 Å². The fraction of sp³-hybridized carbons (Fsp3) is 0.0588. The van der Waals surface area contributed by atoms with Gasteiger partial charge in [-0.1, -0.05) is 48.0 Å². The van der Waals surface area contributed by atoms with Gasteiger partial charge in [-0.25, -0.2) is 0 Å². The lowest BCUT2D eigenvalue weighted by atomic mass is 10.0. The Hall–Kier alpha value is -2.28. The van der Waals surface area contributed by atoms with E-state index in [1.807, 2.05) is 0 Å². The summed E-state index contributed by atoms with van der Waals surface area (Å²) >= 11 is 0. The van der Waals surface area contributed by atoms with Crippen LogP contribution in [0.4, 0.5) is 0 Å². The number of aryl methyl sites for hydroxylation is 1. The predicted molar refractivity (Wildman–Crippen MR) is 78.0 cm³/mol. The minimum atomic E-state index is 1.21. The highest BCUT2D eigenvalue weighted by molar-refractivity contribution is 6.16. The zero-order chi connectivity index (χ0) is 12.1. The van der Waals surface area contributed by atoms with Gasteiger partial charge in [0.15, 0.2) is 0 Å². The van der Waals surface area contributed by atoms with Crippen LogP contribution in [-0.2, 0) is 0 Å². The Balaban J connectivity index is 2.31. The van der Waals surface area contributed by atoms with Crippen molar-refractivity contribution in [2.45, 2.75) is 6.92 Å². The molecule has 1 heterocycles. The molecule has 0 bridgehead atoms. The molecule has 18 heavy (non-hydrogen) atoms. The standard InChI is InChI=1S/C17H13N/c1-11-6-7-12-8-9-14-13-4-2-3-5-16(13)18-17(14)15(12)10-11/h2-10,18H,1H3. The smallest absolute Gasteiger partial charge is 0.0544 e. The van der Waals surface area contributed by atoms with Gasteiger partial charge in [0.1, 0.15) is 0 Å². The van der Waals surface area contributed by atoms with Crippen LogP contribution in [-0.4, -0.2) is 4.98 Å². The van der Waals surface area contributed by atoms with Crippen LogP contribution in [0, 0.1) is 6.92 Å². The van der Waals surface area contributed by atoms with Crippen molar-refractivity contribution >= 4 is 32.6 Å². The van der Waals surface area contributed by atoms with E-state index in [1.54, 1.807) is 0 Å². The van der Waals surface area contributed by atoms with Crippen LogP contribution in [0.2, 0.25) is 0 Å². The van der Waals surface area contributed by atoms with Gasteiger partial charge in [-0.2, -0.15) is 0 Å². The molecule has 0 amide bonds. The molecule has 0 aliphatic rings. The summed E-state index contributed by atoms with van der Waals surface area (Å²) in [4.78, 5) is 3.55. The summed E-state index contributed by atoms with van der Waals surface area (Å²) in [6, 6.07) is 19.5. The van der Waals surface area contributed by atoms with E-state index in [1.165, 1.54) is 38.1 Å². The zero-order valence-electron chi connectivity index (χ0n) is 10.2. The number of hydrogen-bond acceptors (Lipinski definition) is 0. The molecular weight excluding hydrogens is 218 g/mol. The normalized spacial score (nSPS) is 11.6. The second-order valence-electron chi connectivity index (χ2n) is 4.88. The Kier molecular flexibility index (Phi) is 1.81. The summed E-state index contributed by atoms with van der Waals surface area (Å²) in [7, 11) is 0. The number of aromatic amines is 1. The van der Waals surface area contributed by atoms with Crippen molar-refractivity contribution in [1.29, 1.82) is 0 Å². The quantitative estimate of drug-likeness (QED) is 0.448. The van der Waals surface area contributed by atoms with Crippen molar-refractivity contribution in [1.82, 2.24) is 4.98 Å². The van der Waals surface area contributed by atoms with E-state index >= 15 is 0 Å². The van der Waals surface area contributed by atoms with Gasteiger partial charge in [-0.3, -0.25) is 0 Å². The van der Waals surface area contributed by atoms with Gasteiger partial charge >= 0.3 is 0 Å². The molecule has 1 N–H and O–H groups in total. The largest absolute Gasteiger partial charge is 0.354 e. The Bertz CT molecular complexity index is 884.